The van der Waals surface area contributed by atoms with Gasteiger partial charge in [0.1, 0.15) is 0 Å². The van der Waals surface area contributed by atoms with Crippen molar-refractivity contribution in [1.29, 1.82) is 0 Å². The molecule has 1 aromatic rings. The Bertz CT molecular complexity index is 510. The van der Waals surface area contributed by atoms with E-state index in [-0.39, 0.29) is 11.8 Å². The molecule has 5 nitrogen and oxygen atoms in total. The van der Waals surface area contributed by atoms with Gasteiger partial charge in [0.2, 0.25) is 11.8 Å². The number of nitrogens with one attached hydrogen (secondary N) is 2. The summed E-state index contributed by atoms with van der Waals surface area (Å²) in [4.78, 5) is 25.5. The summed E-state index contributed by atoms with van der Waals surface area (Å²) in [5.41, 5.74) is 1.70. The molecule has 0 aromatic heterocycles. The van der Waals surface area contributed by atoms with Crippen LogP contribution in [0.3, 0.4) is 0 Å². The lowest BCUT2D eigenvalue weighted by Crippen LogP contribution is -2.32. The zero-order valence-electron chi connectivity index (χ0n) is 13.2. The van der Waals surface area contributed by atoms with Gasteiger partial charge >= 0.3 is 0 Å². The normalized spacial score (nSPS) is 15.3. The molecule has 1 aliphatic rings. The van der Waals surface area contributed by atoms with E-state index in [2.05, 4.69) is 15.5 Å². The maximum Gasteiger partial charge on any atom is 0.225 e. The molecule has 1 fully saturated rings. The SMILES string of the molecule is CC(=O)NCc1ccccc1NC(=O)CCN1CCCCC1. The predicted octanol–water partition coefficient (Wildman–Crippen LogP) is 2.14. The number of likely N-dealkylation sites (tertiary alicyclic amines) is 1. The molecule has 0 spiro atoms. The molecular formula is C17H25N3O2. The molecule has 1 aliphatic heterocycles. The number of benzene rings is 1. The van der Waals surface area contributed by atoms with E-state index in [0.717, 1.165) is 30.9 Å². The molecule has 1 aromatic carbocycles. The fourth-order valence-electron chi connectivity index (χ4n) is 2.67. The Morgan fingerprint density at radius 3 is 2.59 bits per heavy atom. The molecule has 120 valence electrons. The first-order valence-electron chi connectivity index (χ1n) is 7.99. The van der Waals surface area contributed by atoms with Crippen LogP contribution in [-0.4, -0.2) is 36.3 Å². The Kier molecular flexibility index (Phi) is 6.40. The molecule has 0 atom stereocenters. The third kappa shape index (κ3) is 5.48. The summed E-state index contributed by atoms with van der Waals surface area (Å²) in [6, 6.07) is 7.57. The minimum absolute atomic E-state index is 0.0286. The summed E-state index contributed by atoms with van der Waals surface area (Å²) < 4.78 is 0. The molecule has 2 N–H and O–H groups in total. The Morgan fingerprint density at radius 1 is 1.14 bits per heavy atom. The molecule has 1 saturated heterocycles. The molecule has 1 heterocycles. The van der Waals surface area contributed by atoms with Gasteiger partial charge in [0.15, 0.2) is 0 Å². The smallest absolute Gasteiger partial charge is 0.225 e. The number of nitrogens with zero attached hydrogens (tertiary/aromatic N) is 1. The lowest BCUT2D eigenvalue weighted by atomic mass is 10.1. The zero-order valence-corrected chi connectivity index (χ0v) is 13.2. The molecule has 0 radical (unpaired) electrons. The molecule has 0 aliphatic carbocycles. The predicted molar refractivity (Wildman–Crippen MR) is 87.5 cm³/mol. The third-order valence-electron chi connectivity index (χ3n) is 3.92. The van der Waals surface area contributed by atoms with Gasteiger partial charge in [0.05, 0.1) is 0 Å². The number of carbonyl (C=O) groups is 2. The number of hydrogen-bond donors (Lipinski definition) is 2. The van der Waals surface area contributed by atoms with Crippen molar-refractivity contribution in [2.24, 2.45) is 0 Å². The number of rotatable bonds is 6. The Hall–Kier alpha value is -1.88. The zero-order chi connectivity index (χ0) is 15.8. The van der Waals surface area contributed by atoms with Crippen molar-refractivity contribution in [3.05, 3.63) is 29.8 Å². The maximum atomic E-state index is 12.1. The monoisotopic (exact) mass is 303 g/mol. The van der Waals surface area contributed by atoms with E-state index in [1.54, 1.807) is 0 Å². The van der Waals surface area contributed by atoms with Crippen LogP contribution in [0.5, 0.6) is 0 Å². The van der Waals surface area contributed by atoms with Crippen molar-refractivity contribution in [3.63, 3.8) is 0 Å². The summed E-state index contributed by atoms with van der Waals surface area (Å²) in [6.45, 7) is 4.94. The second-order valence-electron chi connectivity index (χ2n) is 5.77. The average Bonchev–Trinajstić information content (AvgIpc) is 2.53. The van der Waals surface area contributed by atoms with Crippen LogP contribution in [0.2, 0.25) is 0 Å². The quantitative estimate of drug-likeness (QED) is 0.846. The largest absolute Gasteiger partial charge is 0.352 e. The molecule has 2 amide bonds. The first-order chi connectivity index (χ1) is 10.6. The van der Waals surface area contributed by atoms with Crippen molar-refractivity contribution in [1.82, 2.24) is 10.2 Å². The highest BCUT2D eigenvalue weighted by Gasteiger charge is 2.12. The summed E-state index contributed by atoms with van der Waals surface area (Å²) in [5, 5.41) is 5.72. The molecule has 2 rings (SSSR count). The van der Waals surface area contributed by atoms with E-state index >= 15 is 0 Å². The fourth-order valence-corrected chi connectivity index (χ4v) is 2.67. The van der Waals surface area contributed by atoms with Crippen LogP contribution in [-0.2, 0) is 16.1 Å². The fraction of sp³-hybridized carbons (Fsp3) is 0.529. The van der Waals surface area contributed by atoms with Crippen LogP contribution in [0.1, 0.15) is 38.2 Å². The van der Waals surface area contributed by atoms with Crippen LogP contribution >= 0.6 is 0 Å². The molecule has 0 bridgehead atoms. The number of amides is 2. The highest BCUT2D eigenvalue weighted by molar-refractivity contribution is 5.91. The number of piperidine rings is 1. The summed E-state index contributed by atoms with van der Waals surface area (Å²) in [7, 11) is 0. The highest BCUT2D eigenvalue weighted by atomic mass is 16.2. The first-order valence-corrected chi connectivity index (χ1v) is 7.99. The number of para-hydroxylation sites is 1. The van der Waals surface area contributed by atoms with Gasteiger partial charge in [-0.1, -0.05) is 24.6 Å². The van der Waals surface area contributed by atoms with Gasteiger partial charge in [-0.05, 0) is 37.6 Å². The Balaban J connectivity index is 1.83. The topological polar surface area (TPSA) is 61.4 Å². The summed E-state index contributed by atoms with van der Waals surface area (Å²) >= 11 is 0. The highest BCUT2D eigenvalue weighted by Crippen LogP contribution is 2.15. The molecule has 5 heteroatoms. The first kappa shape index (κ1) is 16.5. The molecule has 0 saturated carbocycles. The Labute approximate surface area is 132 Å². The molecule has 22 heavy (non-hydrogen) atoms. The number of hydrogen-bond acceptors (Lipinski definition) is 3. The van der Waals surface area contributed by atoms with Crippen LogP contribution in [0.15, 0.2) is 24.3 Å². The van der Waals surface area contributed by atoms with E-state index in [4.69, 9.17) is 0 Å². The van der Waals surface area contributed by atoms with Crippen LogP contribution < -0.4 is 10.6 Å². The van der Waals surface area contributed by atoms with Crippen molar-refractivity contribution in [3.8, 4) is 0 Å². The second-order valence-corrected chi connectivity index (χ2v) is 5.77. The third-order valence-corrected chi connectivity index (χ3v) is 3.92. The van der Waals surface area contributed by atoms with E-state index in [0.29, 0.717) is 13.0 Å². The second kappa shape index (κ2) is 8.54. The van der Waals surface area contributed by atoms with Crippen molar-refractivity contribution >= 4 is 17.5 Å². The van der Waals surface area contributed by atoms with Crippen molar-refractivity contribution in [2.45, 2.75) is 39.2 Å². The minimum Gasteiger partial charge on any atom is -0.352 e. The Morgan fingerprint density at radius 2 is 1.86 bits per heavy atom. The summed E-state index contributed by atoms with van der Waals surface area (Å²) in [5.74, 6) is -0.0490. The lowest BCUT2D eigenvalue weighted by Gasteiger charge is -2.26. The van der Waals surface area contributed by atoms with Gasteiger partial charge < -0.3 is 15.5 Å². The lowest BCUT2D eigenvalue weighted by molar-refractivity contribution is -0.119. The average molecular weight is 303 g/mol. The van der Waals surface area contributed by atoms with E-state index < -0.39 is 0 Å². The standard InChI is InChI=1S/C17H25N3O2/c1-14(21)18-13-15-7-3-4-8-16(15)19-17(22)9-12-20-10-5-2-6-11-20/h3-4,7-8H,2,5-6,9-13H2,1H3,(H,18,21)(H,19,22). The summed E-state index contributed by atoms with van der Waals surface area (Å²) in [6.07, 6.45) is 4.29. The van der Waals surface area contributed by atoms with Gasteiger partial charge in [0, 0.05) is 32.1 Å². The van der Waals surface area contributed by atoms with Crippen LogP contribution in [0.25, 0.3) is 0 Å². The number of carbonyl (C=O) groups excluding carboxylic acids is 2. The van der Waals surface area contributed by atoms with Crippen molar-refractivity contribution < 1.29 is 9.59 Å². The van der Waals surface area contributed by atoms with E-state index in [1.165, 1.54) is 26.2 Å². The number of anilines is 1. The van der Waals surface area contributed by atoms with Gasteiger partial charge in [-0.2, -0.15) is 0 Å². The maximum absolute atomic E-state index is 12.1. The van der Waals surface area contributed by atoms with Crippen molar-refractivity contribution in [2.75, 3.05) is 25.0 Å². The van der Waals surface area contributed by atoms with Crippen LogP contribution in [0.4, 0.5) is 5.69 Å². The van der Waals surface area contributed by atoms with Gasteiger partial charge in [-0.25, -0.2) is 0 Å². The van der Waals surface area contributed by atoms with E-state index in [1.807, 2.05) is 24.3 Å². The van der Waals surface area contributed by atoms with Gasteiger partial charge in [0.25, 0.3) is 0 Å². The van der Waals surface area contributed by atoms with Crippen LogP contribution in [0, 0.1) is 0 Å². The van der Waals surface area contributed by atoms with Gasteiger partial charge in [-0.3, -0.25) is 9.59 Å². The molecular weight excluding hydrogens is 278 g/mol. The van der Waals surface area contributed by atoms with E-state index in [9.17, 15) is 9.59 Å². The van der Waals surface area contributed by atoms with Gasteiger partial charge in [-0.15, -0.1) is 0 Å². The molecule has 0 unspecified atom stereocenters. The minimum atomic E-state index is -0.0776.